The van der Waals surface area contributed by atoms with Gasteiger partial charge in [0.1, 0.15) is 5.39 Å². The molecule has 0 radical (unpaired) electrons. The van der Waals surface area contributed by atoms with E-state index in [1.807, 2.05) is 0 Å². The highest BCUT2D eigenvalue weighted by Gasteiger charge is 2.30. The lowest BCUT2D eigenvalue weighted by atomic mass is 10.2. The van der Waals surface area contributed by atoms with E-state index in [0.717, 1.165) is 0 Å². The fourth-order valence-corrected chi connectivity index (χ4v) is 5.21. The fraction of sp³-hybridized carbons (Fsp3) is 0.381. The number of carbonyl (C=O) groups excluding carboxylic acids is 2. The molecular weight excluding hydrogens is 448 g/mol. The van der Waals surface area contributed by atoms with Crippen LogP contribution in [0.3, 0.4) is 0 Å². The van der Waals surface area contributed by atoms with Crippen LogP contribution in [0.5, 0.6) is 0 Å². The number of aryl methyl sites for hydroxylation is 2. The largest absolute Gasteiger partial charge is 0.340 e. The molecule has 3 aromatic rings. The number of sulfonamides is 1. The number of carbonyl (C=O) groups is 2. The first kappa shape index (κ1) is 22.8. The van der Waals surface area contributed by atoms with Crippen LogP contribution in [0, 0.1) is 0 Å². The Kier molecular flexibility index (Phi) is 6.13. The van der Waals surface area contributed by atoms with Crippen molar-refractivity contribution in [2.45, 2.75) is 24.8 Å². The summed E-state index contributed by atoms with van der Waals surface area (Å²) in [5.41, 5.74) is 0.671. The molecule has 11 nitrogen and oxygen atoms in total. The van der Waals surface area contributed by atoms with Crippen molar-refractivity contribution in [1.82, 2.24) is 28.5 Å². The van der Waals surface area contributed by atoms with Gasteiger partial charge in [-0.15, -0.1) is 0 Å². The summed E-state index contributed by atoms with van der Waals surface area (Å²) in [6.07, 6.45) is 2.96. The van der Waals surface area contributed by atoms with Gasteiger partial charge in [0.05, 0.1) is 17.4 Å². The predicted octanol–water partition coefficient (Wildman–Crippen LogP) is 0.256. The first-order valence-corrected chi connectivity index (χ1v) is 11.9. The molecule has 0 N–H and O–H groups in total. The topological polar surface area (TPSA) is 127 Å². The molecule has 4 rings (SSSR count). The van der Waals surface area contributed by atoms with Gasteiger partial charge in [-0.05, 0) is 19.1 Å². The SMILES string of the molecule is CC(=O)c1ccc(S(=O)(=O)N2CCN(C(=O)CCn3cnc4c(cnn4C)c3=O)CC2)cc1. The quantitative estimate of drug-likeness (QED) is 0.471. The van der Waals surface area contributed by atoms with Crippen molar-refractivity contribution < 1.29 is 18.0 Å². The summed E-state index contributed by atoms with van der Waals surface area (Å²) in [4.78, 5) is 42.5. The molecule has 0 unspecified atom stereocenters. The number of ketones is 1. The van der Waals surface area contributed by atoms with Gasteiger partial charge in [0.25, 0.3) is 5.56 Å². The van der Waals surface area contributed by atoms with Crippen molar-refractivity contribution in [3.8, 4) is 0 Å². The zero-order valence-corrected chi connectivity index (χ0v) is 19.2. The van der Waals surface area contributed by atoms with E-state index in [0.29, 0.717) is 16.6 Å². The molecule has 174 valence electrons. The summed E-state index contributed by atoms with van der Waals surface area (Å²) in [6, 6.07) is 5.84. The van der Waals surface area contributed by atoms with Crippen LogP contribution in [-0.2, 0) is 28.4 Å². The molecule has 12 heteroatoms. The molecule has 0 aliphatic carbocycles. The highest BCUT2D eigenvalue weighted by atomic mass is 32.2. The van der Waals surface area contributed by atoms with Crippen LogP contribution in [0.1, 0.15) is 23.7 Å². The number of rotatable bonds is 6. The van der Waals surface area contributed by atoms with Crippen LogP contribution in [0.4, 0.5) is 0 Å². The molecule has 0 bridgehead atoms. The molecule has 1 aliphatic heterocycles. The molecule has 1 aliphatic rings. The van der Waals surface area contributed by atoms with Crippen molar-refractivity contribution in [2.24, 2.45) is 7.05 Å². The van der Waals surface area contributed by atoms with E-state index in [1.54, 1.807) is 11.9 Å². The Balaban J connectivity index is 1.35. The maximum Gasteiger partial charge on any atom is 0.264 e. The Labute approximate surface area is 190 Å². The molecule has 3 heterocycles. The molecule has 33 heavy (non-hydrogen) atoms. The Morgan fingerprint density at radius 2 is 1.73 bits per heavy atom. The lowest BCUT2D eigenvalue weighted by Crippen LogP contribution is -2.50. The van der Waals surface area contributed by atoms with Crippen molar-refractivity contribution in [2.75, 3.05) is 26.2 Å². The molecule has 1 amide bonds. The van der Waals surface area contributed by atoms with E-state index in [4.69, 9.17) is 0 Å². The van der Waals surface area contributed by atoms with Gasteiger partial charge < -0.3 is 4.90 Å². The first-order valence-electron chi connectivity index (χ1n) is 10.4. The molecule has 2 aromatic heterocycles. The second-order valence-electron chi connectivity index (χ2n) is 7.86. The van der Waals surface area contributed by atoms with Crippen LogP contribution < -0.4 is 5.56 Å². The van der Waals surface area contributed by atoms with Crippen LogP contribution in [0.2, 0.25) is 0 Å². The van der Waals surface area contributed by atoms with E-state index in [-0.39, 0.29) is 61.3 Å². The number of benzene rings is 1. The predicted molar refractivity (Wildman–Crippen MR) is 119 cm³/mol. The lowest BCUT2D eigenvalue weighted by molar-refractivity contribution is -0.132. The Morgan fingerprint density at radius 3 is 2.36 bits per heavy atom. The van der Waals surface area contributed by atoms with Gasteiger partial charge >= 0.3 is 0 Å². The average Bonchev–Trinajstić information content (AvgIpc) is 3.20. The summed E-state index contributed by atoms with van der Waals surface area (Å²) in [6.45, 7) is 2.47. The number of fused-ring (bicyclic) bond motifs is 1. The van der Waals surface area contributed by atoms with Gasteiger partial charge in [0.15, 0.2) is 11.4 Å². The molecule has 1 saturated heterocycles. The van der Waals surface area contributed by atoms with Crippen LogP contribution in [0.25, 0.3) is 11.0 Å². The van der Waals surface area contributed by atoms with Gasteiger partial charge in [0.2, 0.25) is 15.9 Å². The maximum atomic E-state index is 12.9. The van der Waals surface area contributed by atoms with Crippen molar-refractivity contribution in [1.29, 1.82) is 0 Å². The molecule has 1 fully saturated rings. The van der Waals surface area contributed by atoms with Crippen molar-refractivity contribution >= 4 is 32.7 Å². The number of nitrogens with zero attached hydrogens (tertiary/aromatic N) is 6. The minimum Gasteiger partial charge on any atom is -0.340 e. The van der Waals surface area contributed by atoms with Crippen LogP contribution >= 0.6 is 0 Å². The van der Waals surface area contributed by atoms with E-state index >= 15 is 0 Å². The maximum absolute atomic E-state index is 12.9. The van der Waals surface area contributed by atoms with E-state index in [2.05, 4.69) is 10.1 Å². The Bertz CT molecular complexity index is 1370. The number of amides is 1. The highest BCUT2D eigenvalue weighted by Crippen LogP contribution is 2.19. The van der Waals surface area contributed by atoms with Gasteiger partial charge in [-0.3, -0.25) is 23.6 Å². The molecule has 0 atom stereocenters. The number of hydrogen-bond acceptors (Lipinski definition) is 7. The smallest absolute Gasteiger partial charge is 0.264 e. The molecule has 0 spiro atoms. The van der Waals surface area contributed by atoms with Gasteiger partial charge in [-0.25, -0.2) is 13.4 Å². The molecular formula is C21H24N6O5S. The Hall–Kier alpha value is -3.38. The monoisotopic (exact) mass is 472 g/mol. The zero-order chi connectivity index (χ0) is 23.8. The fourth-order valence-electron chi connectivity index (χ4n) is 3.79. The van der Waals surface area contributed by atoms with E-state index < -0.39 is 10.0 Å². The molecule has 0 saturated carbocycles. The van der Waals surface area contributed by atoms with Crippen molar-refractivity contribution in [3.05, 3.63) is 52.7 Å². The minimum atomic E-state index is -3.71. The third kappa shape index (κ3) is 4.44. The Morgan fingerprint density at radius 1 is 1.06 bits per heavy atom. The normalized spacial score (nSPS) is 15.2. The van der Waals surface area contributed by atoms with Gasteiger partial charge in [0, 0.05) is 51.8 Å². The van der Waals surface area contributed by atoms with Crippen LogP contribution in [-0.4, -0.2) is 74.8 Å². The number of Topliss-reactive ketones (excluding diaryl/α,β-unsaturated/α-hetero) is 1. The summed E-state index contributed by atoms with van der Waals surface area (Å²) < 4.78 is 30.0. The van der Waals surface area contributed by atoms with E-state index in [1.165, 1.54) is 57.3 Å². The average molecular weight is 473 g/mol. The number of piperazine rings is 1. The number of hydrogen-bond donors (Lipinski definition) is 0. The zero-order valence-electron chi connectivity index (χ0n) is 18.3. The minimum absolute atomic E-state index is 0.104. The second-order valence-corrected chi connectivity index (χ2v) is 9.80. The first-order chi connectivity index (χ1) is 15.7. The third-order valence-corrected chi connectivity index (χ3v) is 7.69. The standard InChI is InChI=1S/C21H24N6O5S/c1-15(28)16-3-5-17(6-4-16)33(31,32)27-11-9-25(10-12-27)19(29)7-8-26-14-22-20-18(21(26)30)13-23-24(20)2/h3-6,13-14H,7-12H2,1-2H3. The lowest BCUT2D eigenvalue weighted by Gasteiger charge is -2.34. The summed E-state index contributed by atoms with van der Waals surface area (Å²) in [5.74, 6) is -0.291. The summed E-state index contributed by atoms with van der Waals surface area (Å²) in [7, 11) is -2.01. The summed E-state index contributed by atoms with van der Waals surface area (Å²) in [5, 5.41) is 4.42. The van der Waals surface area contributed by atoms with E-state index in [9.17, 15) is 22.8 Å². The van der Waals surface area contributed by atoms with Gasteiger partial charge in [-0.2, -0.15) is 9.40 Å². The number of aromatic nitrogens is 4. The second kappa shape index (κ2) is 8.87. The highest BCUT2D eigenvalue weighted by molar-refractivity contribution is 7.89. The third-order valence-electron chi connectivity index (χ3n) is 5.77. The van der Waals surface area contributed by atoms with Gasteiger partial charge in [-0.1, -0.05) is 12.1 Å². The van der Waals surface area contributed by atoms with Crippen LogP contribution in [0.15, 0.2) is 46.5 Å². The van der Waals surface area contributed by atoms with Crippen molar-refractivity contribution in [3.63, 3.8) is 0 Å². The molecule has 1 aromatic carbocycles. The summed E-state index contributed by atoms with van der Waals surface area (Å²) >= 11 is 0.